The monoisotopic (exact) mass is 309 g/mol. The Morgan fingerprint density at radius 3 is 2.62 bits per heavy atom. The highest BCUT2D eigenvalue weighted by Crippen LogP contribution is 2.48. The van der Waals surface area contributed by atoms with Gasteiger partial charge in [-0.3, -0.25) is 9.46 Å². The molecule has 0 aliphatic carbocycles. The third-order valence-corrected chi connectivity index (χ3v) is 5.45. The summed E-state index contributed by atoms with van der Waals surface area (Å²) in [5, 5.41) is 0. The van der Waals surface area contributed by atoms with Crippen LogP contribution in [-0.2, 0) is 20.2 Å². The molecule has 1 heterocycles. The standard InChI is InChI=1S/C16H24NO3P/c1-19-21(18,20-2)13-11-16-10-6-7-12-17(16)14-15-8-4-3-5-9-15/h3-5,8-9,11,13,16H,6-7,10,12,14H2,1-2H3/b13-11+. The van der Waals surface area contributed by atoms with Crippen molar-refractivity contribution in [1.29, 1.82) is 0 Å². The molecule has 4 nitrogen and oxygen atoms in total. The normalized spacial score (nSPS) is 21.0. The molecule has 0 spiro atoms. The van der Waals surface area contributed by atoms with Crippen molar-refractivity contribution in [2.75, 3.05) is 20.8 Å². The first kappa shape index (κ1) is 16.4. The summed E-state index contributed by atoms with van der Waals surface area (Å²) in [7, 11) is -0.236. The van der Waals surface area contributed by atoms with Gasteiger partial charge in [0.1, 0.15) is 0 Å². The van der Waals surface area contributed by atoms with Crippen molar-refractivity contribution in [3.8, 4) is 0 Å². The van der Waals surface area contributed by atoms with Gasteiger partial charge in [-0.1, -0.05) is 42.8 Å². The Morgan fingerprint density at radius 2 is 1.95 bits per heavy atom. The largest absolute Gasteiger partial charge is 0.353 e. The molecule has 0 radical (unpaired) electrons. The first-order valence-corrected chi connectivity index (χ1v) is 8.96. The smallest absolute Gasteiger partial charge is 0.309 e. The maximum Gasteiger partial charge on any atom is 0.353 e. The van der Waals surface area contributed by atoms with E-state index in [1.807, 2.05) is 12.1 Å². The maximum absolute atomic E-state index is 12.1. The topological polar surface area (TPSA) is 38.8 Å². The minimum Gasteiger partial charge on any atom is -0.309 e. The lowest BCUT2D eigenvalue weighted by molar-refractivity contribution is 0.171. The summed E-state index contributed by atoms with van der Waals surface area (Å²) >= 11 is 0. The van der Waals surface area contributed by atoms with Crippen molar-refractivity contribution in [1.82, 2.24) is 4.90 Å². The Hall–Kier alpha value is -0.930. The van der Waals surface area contributed by atoms with E-state index in [0.29, 0.717) is 0 Å². The van der Waals surface area contributed by atoms with Crippen molar-refractivity contribution < 1.29 is 13.6 Å². The fraction of sp³-hybridized carbons (Fsp3) is 0.500. The first-order valence-electron chi connectivity index (χ1n) is 7.35. The van der Waals surface area contributed by atoms with Gasteiger partial charge >= 0.3 is 7.60 Å². The second-order valence-electron chi connectivity index (χ2n) is 5.27. The van der Waals surface area contributed by atoms with Crippen molar-refractivity contribution in [2.24, 2.45) is 0 Å². The maximum atomic E-state index is 12.1. The van der Waals surface area contributed by atoms with E-state index >= 15 is 0 Å². The van der Waals surface area contributed by atoms with E-state index in [0.717, 1.165) is 19.5 Å². The number of hydrogen-bond acceptors (Lipinski definition) is 4. The van der Waals surface area contributed by atoms with Crippen LogP contribution in [-0.4, -0.2) is 31.7 Å². The van der Waals surface area contributed by atoms with E-state index in [4.69, 9.17) is 9.05 Å². The Balaban J connectivity index is 2.05. The van der Waals surface area contributed by atoms with E-state index in [9.17, 15) is 4.57 Å². The molecule has 1 saturated heterocycles. The fourth-order valence-electron chi connectivity index (χ4n) is 2.65. The van der Waals surface area contributed by atoms with Crippen LogP contribution in [0.4, 0.5) is 0 Å². The molecule has 0 saturated carbocycles. The minimum atomic E-state index is -3.06. The lowest BCUT2D eigenvalue weighted by Gasteiger charge is -2.34. The van der Waals surface area contributed by atoms with Crippen LogP contribution in [0, 0.1) is 0 Å². The zero-order valence-electron chi connectivity index (χ0n) is 12.8. The van der Waals surface area contributed by atoms with Gasteiger partial charge < -0.3 is 9.05 Å². The first-order chi connectivity index (χ1) is 10.2. The van der Waals surface area contributed by atoms with Gasteiger partial charge in [0.25, 0.3) is 0 Å². The van der Waals surface area contributed by atoms with Crippen LogP contribution >= 0.6 is 7.60 Å². The van der Waals surface area contributed by atoms with Gasteiger partial charge in [0.15, 0.2) is 0 Å². The lowest BCUT2D eigenvalue weighted by atomic mass is 10.0. The number of benzene rings is 1. The van der Waals surface area contributed by atoms with Gasteiger partial charge in [0.05, 0.1) is 0 Å². The predicted octanol–water partition coefficient (Wildman–Crippen LogP) is 4.04. The molecule has 1 aliphatic heterocycles. The number of likely N-dealkylation sites (tertiary alicyclic amines) is 1. The van der Waals surface area contributed by atoms with E-state index in [2.05, 4.69) is 29.2 Å². The number of piperidine rings is 1. The molecule has 1 aromatic carbocycles. The second-order valence-corrected chi connectivity index (χ2v) is 7.37. The molecule has 0 bridgehead atoms. The molecule has 1 aliphatic rings. The van der Waals surface area contributed by atoms with Crippen LogP contribution in [0.1, 0.15) is 24.8 Å². The molecule has 0 amide bonds. The van der Waals surface area contributed by atoms with Gasteiger partial charge in [0, 0.05) is 32.6 Å². The zero-order chi connectivity index (χ0) is 15.1. The van der Waals surface area contributed by atoms with Gasteiger partial charge in [0.2, 0.25) is 0 Å². The molecular weight excluding hydrogens is 285 g/mol. The second kappa shape index (κ2) is 7.90. The SMILES string of the molecule is COP(=O)(/C=C/C1CCCCN1Cc1ccccc1)OC. The molecule has 116 valence electrons. The van der Waals surface area contributed by atoms with E-state index in [-0.39, 0.29) is 6.04 Å². The van der Waals surface area contributed by atoms with Gasteiger partial charge in [-0.15, -0.1) is 0 Å². The average Bonchev–Trinajstić information content (AvgIpc) is 2.55. The Bertz CT molecular complexity index is 496. The van der Waals surface area contributed by atoms with E-state index < -0.39 is 7.60 Å². The quantitative estimate of drug-likeness (QED) is 0.743. The highest BCUT2D eigenvalue weighted by Gasteiger charge is 2.23. The van der Waals surface area contributed by atoms with Crippen LogP contribution in [0.15, 0.2) is 42.2 Å². The molecule has 5 heteroatoms. The minimum absolute atomic E-state index is 0.289. The molecule has 0 aromatic heterocycles. The molecule has 1 unspecified atom stereocenters. The van der Waals surface area contributed by atoms with Crippen molar-refractivity contribution >= 4 is 7.60 Å². The molecule has 1 atom stereocenters. The summed E-state index contributed by atoms with van der Waals surface area (Å²) in [5.74, 6) is 1.60. The van der Waals surface area contributed by atoms with Crippen molar-refractivity contribution in [3.05, 3.63) is 47.8 Å². The molecule has 21 heavy (non-hydrogen) atoms. The van der Waals surface area contributed by atoms with Crippen LogP contribution < -0.4 is 0 Å². The summed E-state index contributed by atoms with van der Waals surface area (Å²) in [6, 6.07) is 10.7. The van der Waals surface area contributed by atoms with Crippen LogP contribution in [0.2, 0.25) is 0 Å². The Morgan fingerprint density at radius 1 is 1.24 bits per heavy atom. The summed E-state index contributed by atoms with van der Waals surface area (Å²) < 4.78 is 22.0. The molecule has 1 aromatic rings. The van der Waals surface area contributed by atoms with E-state index in [1.54, 1.807) is 5.82 Å². The summed E-state index contributed by atoms with van der Waals surface area (Å²) in [6.07, 6.45) is 5.47. The molecule has 0 N–H and O–H groups in total. The zero-order valence-corrected chi connectivity index (χ0v) is 13.7. The van der Waals surface area contributed by atoms with Gasteiger partial charge in [-0.25, -0.2) is 0 Å². The molecular formula is C16H24NO3P. The molecule has 2 rings (SSSR count). The Kier molecular flexibility index (Phi) is 6.19. The summed E-state index contributed by atoms with van der Waals surface area (Å²) in [4.78, 5) is 2.42. The van der Waals surface area contributed by atoms with Crippen molar-refractivity contribution in [3.63, 3.8) is 0 Å². The van der Waals surface area contributed by atoms with Crippen LogP contribution in [0.5, 0.6) is 0 Å². The molecule has 1 fully saturated rings. The summed E-state index contributed by atoms with van der Waals surface area (Å²) in [5.41, 5.74) is 1.31. The highest BCUT2D eigenvalue weighted by molar-refractivity contribution is 7.57. The van der Waals surface area contributed by atoms with Gasteiger partial charge in [-0.2, -0.15) is 0 Å². The predicted molar refractivity (Wildman–Crippen MR) is 85.3 cm³/mol. The van der Waals surface area contributed by atoms with E-state index in [1.165, 1.54) is 32.6 Å². The lowest BCUT2D eigenvalue weighted by Crippen LogP contribution is -2.37. The Labute approximate surface area is 127 Å². The van der Waals surface area contributed by atoms with Crippen LogP contribution in [0.3, 0.4) is 0 Å². The fourth-order valence-corrected chi connectivity index (χ4v) is 3.45. The number of nitrogens with zero attached hydrogens (tertiary/aromatic N) is 1. The average molecular weight is 309 g/mol. The van der Waals surface area contributed by atoms with Gasteiger partial charge in [-0.05, 0) is 24.9 Å². The number of hydrogen-bond donors (Lipinski definition) is 0. The summed E-state index contributed by atoms with van der Waals surface area (Å²) in [6.45, 7) is 1.98. The number of rotatable bonds is 6. The third kappa shape index (κ3) is 4.79. The highest BCUT2D eigenvalue weighted by atomic mass is 31.2. The van der Waals surface area contributed by atoms with Crippen molar-refractivity contribution in [2.45, 2.75) is 31.8 Å². The third-order valence-electron chi connectivity index (χ3n) is 3.89. The van der Waals surface area contributed by atoms with Crippen LogP contribution in [0.25, 0.3) is 0 Å².